The molecular weight excluding hydrogens is 252 g/mol. The third kappa shape index (κ3) is 9.11. The fourth-order valence-corrected chi connectivity index (χ4v) is 2.69. The van der Waals surface area contributed by atoms with Crippen LogP contribution in [0.15, 0.2) is 0 Å². The van der Waals surface area contributed by atoms with E-state index in [0.29, 0.717) is 0 Å². The summed E-state index contributed by atoms with van der Waals surface area (Å²) in [5, 5.41) is 0. The molecule has 0 saturated carbocycles. The molecule has 0 spiro atoms. The van der Waals surface area contributed by atoms with Crippen LogP contribution in [0.5, 0.6) is 0 Å². The Balaban J connectivity index is 4.22. The van der Waals surface area contributed by atoms with Crippen LogP contribution in [0.1, 0.15) is 13.3 Å². The summed E-state index contributed by atoms with van der Waals surface area (Å²) in [5.41, 5.74) is 0. The van der Waals surface area contributed by atoms with E-state index in [2.05, 4.69) is 0 Å². The summed E-state index contributed by atoms with van der Waals surface area (Å²) < 4.78 is 10.6. The SMILES string of the molecule is CC(CC(=O)O[Si](C)(C)C)C(=O)O[Si](C)(C)C. The van der Waals surface area contributed by atoms with E-state index in [9.17, 15) is 9.59 Å². The molecule has 0 saturated heterocycles. The average Bonchev–Trinajstić information content (AvgIpc) is 1.95. The Kier molecular flexibility index (Phi) is 5.60. The molecule has 0 fully saturated rings. The highest BCUT2D eigenvalue weighted by atomic mass is 28.4. The van der Waals surface area contributed by atoms with Crippen molar-refractivity contribution in [3.8, 4) is 0 Å². The van der Waals surface area contributed by atoms with Gasteiger partial charge >= 0.3 is 0 Å². The molecule has 0 aliphatic carbocycles. The molecular formula is C11H24O4Si2. The van der Waals surface area contributed by atoms with Gasteiger partial charge in [0, 0.05) is 0 Å². The van der Waals surface area contributed by atoms with Crippen molar-refractivity contribution in [1.82, 2.24) is 0 Å². The highest BCUT2D eigenvalue weighted by Gasteiger charge is 2.27. The van der Waals surface area contributed by atoms with Crippen LogP contribution in [0.3, 0.4) is 0 Å². The van der Waals surface area contributed by atoms with Crippen LogP contribution in [0.4, 0.5) is 0 Å². The number of carbonyl (C=O) groups excluding carboxylic acids is 2. The minimum absolute atomic E-state index is 0.105. The van der Waals surface area contributed by atoms with Crippen LogP contribution in [0.25, 0.3) is 0 Å². The molecule has 17 heavy (non-hydrogen) atoms. The second-order valence-electron chi connectivity index (χ2n) is 6.23. The monoisotopic (exact) mass is 276 g/mol. The average molecular weight is 276 g/mol. The van der Waals surface area contributed by atoms with Crippen molar-refractivity contribution in [3.05, 3.63) is 0 Å². The van der Waals surface area contributed by atoms with Crippen molar-refractivity contribution in [1.29, 1.82) is 0 Å². The zero-order valence-electron chi connectivity index (χ0n) is 11.9. The second kappa shape index (κ2) is 5.81. The second-order valence-corrected chi connectivity index (χ2v) is 15.1. The van der Waals surface area contributed by atoms with Crippen molar-refractivity contribution in [2.45, 2.75) is 52.6 Å². The number of hydrogen-bond acceptors (Lipinski definition) is 4. The van der Waals surface area contributed by atoms with Crippen LogP contribution < -0.4 is 0 Å². The van der Waals surface area contributed by atoms with Gasteiger partial charge in [-0.3, -0.25) is 9.59 Å². The molecule has 0 aliphatic rings. The topological polar surface area (TPSA) is 52.6 Å². The Morgan fingerprint density at radius 1 is 0.941 bits per heavy atom. The summed E-state index contributed by atoms with van der Waals surface area (Å²) in [7, 11) is -3.74. The van der Waals surface area contributed by atoms with Crippen LogP contribution in [0, 0.1) is 5.92 Å². The van der Waals surface area contributed by atoms with Crippen molar-refractivity contribution >= 4 is 28.6 Å². The summed E-state index contributed by atoms with van der Waals surface area (Å²) >= 11 is 0. The fourth-order valence-electron chi connectivity index (χ4n) is 1.12. The lowest BCUT2D eigenvalue weighted by atomic mass is 10.1. The largest absolute Gasteiger partial charge is 0.520 e. The summed E-state index contributed by atoms with van der Waals surface area (Å²) in [6.07, 6.45) is 0.105. The van der Waals surface area contributed by atoms with E-state index in [1.165, 1.54) is 0 Å². The van der Waals surface area contributed by atoms with E-state index < -0.39 is 22.6 Å². The van der Waals surface area contributed by atoms with Gasteiger partial charge in [0.25, 0.3) is 11.9 Å². The first-order chi connectivity index (χ1) is 7.41. The van der Waals surface area contributed by atoms with Gasteiger partial charge in [0.15, 0.2) is 0 Å². The van der Waals surface area contributed by atoms with Crippen LogP contribution >= 0.6 is 0 Å². The Morgan fingerprint density at radius 3 is 1.71 bits per heavy atom. The number of carbonyl (C=O) groups is 2. The third-order valence-electron chi connectivity index (χ3n) is 1.70. The van der Waals surface area contributed by atoms with Crippen molar-refractivity contribution in [3.63, 3.8) is 0 Å². The van der Waals surface area contributed by atoms with E-state index in [-0.39, 0.29) is 18.4 Å². The number of hydrogen-bond donors (Lipinski definition) is 0. The predicted octanol–water partition coefficient (Wildman–Crippen LogP) is 2.77. The quantitative estimate of drug-likeness (QED) is 0.725. The Bertz CT molecular complexity index is 289. The van der Waals surface area contributed by atoms with Crippen molar-refractivity contribution in [2.75, 3.05) is 0 Å². The van der Waals surface area contributed by atoms with E-state index >= 15 is 0 Å². The lowest BCUT2D eigenvalue weighted by Gasteiger charge is -2.22. The Morgan fingerprint density at radius 2 is 1.35 bits per heavy atom. The lowest BCUT2D eigenvalue weighted by molar-refractivity contribution is -0.145. The van der Waals surface area contributed by atoms with E-state index in [0.717, 1.165) is 0 Å². The normalized spacial score (nSPS) is 14.1. The van der Waals surface area contributed by atoms with Gasteiger partial charge < -0.3 is 8.85 Å². The van der Waals surface area contributed by atoms with E-state index in [1.54, 1.807) is 6.92 Å². The summed E-state index contributed by atoms with van der Waals surface area (Å²) in [4.78, 5) is 23.2. The molecule has 0 rings (SSSR count). The van der Waals surface area contributed by atoms with Gasteiger partial charge in [0.1, 0.15) is 0 Å². The first-order valence-electron chi connectivity index (χ1n) is 5.85. The lowest BCUT2D eigenvalue weighted by Crippen LogP contribution is -2.34. The molecule has 1 atom stereocenters. The minimum atomic E-state index is -1.87. The molecule has 100 valence electrons. The Hall–Kier alpha value is -0.626. The molecule has 0 radical (unpaired) electrons. The van der Waals surface area contributed by atoms with E-state index in [1.807, 2.05) is 39.3 Å². The Labute approximate surface area is 106 Å². The highest BCUT2D eigenvalue weighted by Crippen LogP contribution is 2.13. The minimum Gasteiger partial charge on any atom is -0.520 e. The molecule has 0 aromatic rings. The van der Waals surface area contributed by atoms with E-state index in [4.69, 9.17) is 8.85 Å². The molecule has 0 aliphatic heterocycles. The van der Waals surface area contributed by atoms with Gasteiger partial charge in [-0.25, -0.2) is 0 Å². The molecule has 0 aromatic heterocycles. The van der Waals surface area contributed by atoms with Crippen molar-refractivity contribution < 1.29 is 18.4 Å². The summed E-state index contributed by atoms with van der Waals surface area (Å²) in [6, 6.07) is 0. The summed E-state index contributed by atoms with van der Waals surface area (Å²) in [6.45, 7) is 13.4. The fraction of sp³-hybridized carbons (Fsp3) is 0.818. The van der Waals surface area contributed by atoms with Gasteiger partial charge in [-0.05, 0) is 39.3 Å². The first-order valence-corrected chi connectivity index (χ1v) is 12.7. The molecule has 0 heterocycles. The standard InChI is InChI=1S/C11H24O4Si2/c1-9(11(13)15-17(5,6)7)8-10(12)14-16(2,3)4/h9H,8H2,1-7H3. The molecule has 0 bridgehead atoms. The molecule has 1 unspecified atom stereocenters. The number of rotatable bonds is 5. The molecule has 0 amide bonds. The van der Waals surface area contributed by atoms with Gasteiger partial charge in [0.2, 0.25) is 16.6 Å². The zero-order chi connectivity index (χ0) is 13.9. The van der Waals surface area contributed by atoms with Crippen LogP contribution in [-0.2, 0) is 18.4 Å². The first kappa shape index (κ1) is 16.4. The predicted molar refractivity (Wildman–Crippen MR) is 72.7 cm³/mol. The smallest absolute Gasteiger partial charge is 0.295 e. The maximum atomic E-state index is 11.7. The molecule has 6 heteroatoms. The van der Waals surface area contributed by atoms with Gasteiger partial charge in [-0.2, -0.15) is 0 Å². The molecule has 0 N–H and O–H groups in total. The van der Waals surface area contributed by atoms with Gasteiger partial charge in [-0.15, -0.1) is 0 Å². The zero-order valence-corrected chi connectivity index (χ0v) is 13.9. The van der Waals surface area contributed by atoms with Gasteiger partial charge in [-0.1, -0.05) is 6.92 Å². The molecule has 4 nitrogen and oxygen atoms in total. The highest BCUT2D eigenvalue weighted by molar-refractivity contribution is 6.71. The van der Waals surface area contributed by atoms with Crippen molar-refractivity contribution in [2.24, 2.45) is 5.92 Å². The van der Waals surface area contributed by atoms with Crippen LogP contribution in [-0.4, -0.2) is 28.6 Å². The molecule has 0 aromatic carbocycles. The maximum Gasteiger partial charge on any atom is 0.295 e. The maximum absolute atomic E-state index is 11.7. The third-order valence-corrected chi connectivity index (χ3v) is 3.36. The summed E-state index contributed by atoms with van der Waals surface area (Å²) in [5.74, 6) is -1.02. The van der Waals surface area contributed by atoms with Gasteiger partial charge in [0.05, 0.1) is 12.3 Å². The van der Waals surface area contributed by atoms with Crippen LogP contribution in [0.2, 0.25) is 39.3 Å².